The van der Waals surface area contributed by atoms with Crippen molar-refractivity contribution < 1.29 is 23.8 Å². The topological polar surface area (TPSA) is 97.9 Å². The molecule has 0 spiro atoms. The standard InChI is InChI=1S/C19H20BrN3O5S/c1-26-9-10-27-16-8-7-13(20)11-15(16)18(25)21-19(29)23-22-17(24)12-28-14-5-3-2-4-6-14/h2-8,11H,9-10,12H2,1H3,(H,22,24)(H2,21,23,25,29). The molecule has 0 fully saturated rings. The van der Waals surface area contributed by atoms with Gasteiger partial charge in [-0.1, -0.05) is 34.1 Å². The Bertz CT molecular complexity index is 851. The molecule has 154 valence electrons. The van der Waals surface area contributed by atoms with Gasteiger partial charge in [0.15, 0.2) is 11.7 Å². The van der Waals surface area contributed by atoms with Crippen molar-refractivity contribution in [3.05, 3.63) is 58.6 Å². The Morgan fingerprint density at radius 2 is 1.79 bits per heavy atom. The fourth-order valence-electron chi connectivity index (χ4n) is 2.07. The average Bonchev–Trinajstić information content (AvgIpc) is 2.72. The molecule has 2 amide bonds. The van der Waals surface area contributed by atoms with Crippen molar-refractivity contribution in [3.63, 3.8) is 0 Å². The SMILES string of the molecule is COCCOc1ccc(Br)cc1C(=O)NC(=S)NNC(=O)COc1ccccc1. The normalized spacial score (nSPS) is 10.0. The van der Waals surface area contributed by atoms with Gasteiger partial charge < -0.3 is 14.2 Å². The van der Waals surface area contributed by atoms with Crippen molar-refractivity contribution >= 4 is 45.1 Å². The molecular weight excluding hydrogens is 462 g/mol. The van der Waals surface area contributed by atoms with Crippen molar-refractivity contribution in [2.24, 2.45) is 0 Å². The molecule has 0 bridgehead atoms. The number of hydrogen-bond donors (Lipinski definition) is 3. The molecule has 0 heterocycles. The van der Waals surface area contributed by atoms with Crippen molar-refractivity contribution in [2.75, 3.05) is 26.9 Å². The number of halogens is 1. The number of hydrogen-bond acceptors (Lipinski definition) is 6. The van der Waals surface area contributed by atoms with Crippen LogP contribution in [0, 0.1) is 0 Å². The molecular formula is C19H20BrN3O5S. The summed E-state index contributed by atoms with van der Waals surface area (Å²) in [5.74, 6) is -0.0115. The van der Waals surface area contributed by atoms with Gasteiger partial charge in [0, 0.05) is 11.6 Å². The van der Waals surface area contributed by atoms with E-state index in [1.165, 1.54) is 0 Å². The summed E-state index contributed by atoms with van der Waals surface area (Å²) in [5, 5.41) is 2.40. The number of hydrazine groups is 1. The third kappa shape index (κ3) is 8.06. The minimum Gasteiger partial charge on any atom is -0.490 e. The summed E-state index contributed by atoms with van der Waals surface area (Å²) >= 11 is 8.36. The number of nitrogens with one attached hydrogen (secondary N) is 3. The van der Waals surface area contributed by atoms with E-state index in [-0.39, 0.29) is 17.3 Å². The fraction of sp³-hybridized carbons (Fsp3) is 0.211. The van der Waals surface area contributed by atoms with E-state index in [0.717, 1.165) is 0 Å². The van der Waals surface area contributed by atoms with Gasteiger partial charge in [0.2, 0.25) is 0 Å². The molecule has 29 heavy (non-hydrogen) atoms. The molecule has 0 aromatic heterocycles. The minimum absolute atomic E-state index is 0.0779. The summed E-state index contributed by atoms with van der Waals surface area (Å²) in [6.07, 6.45) is 0. The molecule has 10 heteroatoms. The number of ether oxygens (including phenoxy) is 3. The molecule has 0 radical (unpaired) electrons. The van der Waals surface area contributed by atoms with E-state index < -0.39 is 11.8 Å². The van der Waals surface area contributed by atoms with E-state index in [2.05, 4.69) is 32.1 Å². The minimum atomic E-state index is -0.494. The predicted molar refractivity (Wildman–Crippen MR) is 115 cm³/mol. The number of benzene rings is 2. The summed E-state index contributed by atoms with van der Waals surface area (Å²) < 4.78 is 16.5. The van der Waals surface area contributed by atoms with Crippen LogP contribution in [-0.2, 0) is 9.53 Å². The van der Waals surface area contributed by atoms with Crippen molar-refractivity contribution in [1.29, 1.82) is 0 Å². The molecule has 0 atom stereocenters. The van der Waals surface area contributed by atoms with Gasteiger partial charge in [-0.15, -0.1) is 0 Å². The smallest absolute Gasteiger partial charge is 0.276 e. The number of thiocarbonyl (C=S) groups is 1. The van der Waals surface area contributed by atoms with Gasteiger partial charge in [-0.05, 0) is 42.5 Å². The van der Waals surface area contributed by atoms with Crippen LogP contribution in [0.5, 0.6) is 11.5 Å². The van der Waals surface area contributed by atoms with E-state index in [1.54, 1.807) is 49.6 Å². The van der Waals surface area contributed by atoms with E-state index in [4.69, 9.17) is 26.4 Å². The fourth-order valence-corrected chi connectivity index (χ4v) is 2.58. The molecule has 0 unspecified atom stereocenters. The molecule has 2 rings (SSSR count). The van der Waals surface area contributed by atoms with Crippen LogP contribution in [0.2, 0.25) is 0 Å². The molecule has 2 aromatic rings. The number of methoxy groups -OCH3 is 1. The van der Waals surface area contributed by atoms with Gasteiger partial charge >= 0.3 is 0 Å². The maximum Gasteiger partial charge on any atom is 0.276 e. The van der Waals surface area contributed by atoms with Crippen molar-refractivity contribution in [1.82, 2.24) is 16.2 Å². The molecule has 8 nitrogen and oxygen atoms in total. The third-order valence-electron chi connectivity index (χ3n) is 3.39. The quantitative estimate of drug-likeness (QED) is 0.302. The average molecular weight is 482 g/mol. The van der Waals surface area contributed by atoms with Crippen molar-refractivity contribution in [2.45, 2.75) is 0 Å². The maximum absolute atomic E-state index is 12.5. The Labute approximate surface area is 182 Å². The molecule has 3 N–H and O–H groups in total. The summed E-state index contributed by atoms with van der Waals surface area (Å²) in [7, 11) is 1.56. The Morgan fingerprint density at radius 3 is 2.52 bits per heavy atom. The zero-order valence-electron chi connectivity index (χ0n) is 15.6. The largest absolute Gasteiger partial charge is 0.490 e. The zero-order valence-corrected chi connectivity index (χ0v) is 18.0. The van der Waals surface area contributed by atoms with E-state index in [0.29, 0.717) is 29.2 Å². The van der Waals surface area contributed by atoms with E-state index in [1.807, 2.05) is 6.07 Å². The second-order valence-electron chi connectivity index (χ2n) is 5.54. The number of para-hydroxylation sites is 1. The first-order chi connectivity index (χ1) is 14.0. The lowest BCUT2D eigenvalue weighted by Crippen LogP contribution is -2.49. The van der Waals surface area contributed by atoms with Crippen LogP contribution in [0.3, 0.4) is 0 Å². The maximum atomic E-state index is 12.5. The molecule has 2 aromatic carbocycles. The third-order valence-corrected chi connectivity index (χ3v) is 4.08. The monoisotopic (exact) mass is 481 g/mol. The summed E-state index contributed by atoms with van der Waals surface area (Å²) in [6, 6.07) is 13.9. The molecule has 0 aliphatic rings. The first-order valence-electron chi connectivity index (χ1n) is 8.49. The molecule has 0 aliphatic carbocycles. The van der Waals surface area contributed by atoms with Gasteiger partial charge in [0.25, 0.3) is 11.8 Å². The summed E-state index contributed by atoms with van der Waals surface area (Å²) in [5.41, 5.74) is 5.08. The first kappa shape index (κ1) is 22.6. The van der Waals surface area contributed by atoms with E-state index >= 15 is 0 Å². The molecule has 0 aliphatic heterocycles. The lowest BCUT2D eigenvalue weighted by atomic mass is 10.2. The highest BCUT2D eigenvalue weighted by Crippen LogP contribution is 2.23. The van der Waals surface area contributed by atoms with Gasteiger partial charge in [0.1, 0.15) is 18.1 Å². The van der Waals surface area contributed by atoms with Crippen LogP contribution in [0.1, 0.15) is 10.4 Å². The lowest BCUT2D eigenvalue weighted by molar-refractivity contribution is -0.123. The lowest BCUT2D eigenvalue weighted by Gasteiger charge is -2.14. The molecule has 0 saturated heterocycles. The Kier molecular flexibility index (Phi) is 9.35. The van der Waals surface area contributed by atoms with Crippen LogP contribution < -0.4 is 25.6 Å². The second-order valence-corrected chi connectivity index (χ2v) is 6.86. The zero-order chi connectivity index (χ0) is 21.1. The highest BCUT2D eigenvalue weighted by molar-refractivity contribution is 9.10. The van der Waals surface area contributed by atoms with Crippen LogP contribution in [0.25, 0.3) is 0 Å². The highest BCUT2D eigenvalue weighted by atomic mass is 79.9. The van der Waals surface area contributed by atoms with Crippen LogP contribution >= 0.6 is 28.1 Å². The Balaban J connectivity index is 1.83. The van der Waals surface area contributed by atoms with Crippen LogP contribution in [0.4, 0.5) is 0 Å². The highest BCUT2D eigenvalue weighted by Gasteiger charge is 2.15. The van der Waals surface area contributed by atoms with Crippen molar-refractivity contribution in [3.8, 4) is 11.5 Å². The Morgan fingerprint density at radius 1 is 1.03 bits per heavy atom. The van der Waals surface area contributed by atoms with Gasteiger partial charge in [-0.25, -0.2) is 0 Å². The number of carbonyl (C=O) groups excluding carboxylic acids is 2. The van der Waals surface area contributed by atoms with Gasteiger partial charge in [0.05, 0.1) is 12.2 Å². The number of rotatable bonds is 8. The second kappa shape index (κ2) is 12.0. The van der Waals surface area contributed by atoms with E-state index in [9.17, 15) is 9.59 Å². The predicted octanol–water partition coefficient (Wildman–Crippen LogP) is 2.19. The van der Waals surface area contributed by atoms with Crippen LogP contribution in [-0.4, -0.2) is 43.9 Å². The summed E-state index contributed by atoms with van der Waals surface area (Å²) in [6.45, 7) is 0.462. The van der Waals surface area contributed by atoms with Gasteiger partial charge in [-0.2, -0.15) is 0 Å². The van der Waals surface area contributed by atoms with Crippen LogP contribution in [0.15, 0.2) is 53.0 Å². The first-order valence-corrected chi connectivity index (χ1v) is 9.69. The Hall–Kier alpha value is -2.69. The number of amides is 2. The summed E-state index contributed by atoms with van der Waals surface area (Å²) in [4.78, 5) is 24.3. The number of carbonyl (C=O) groups is 2. The van der Waals surface area contributed by atoms with Gasteiger partial charge in [-0.3, -0.25) is 25.8 Å². The molecule has 0 saturated carbocycles.